The summed E-state index contributed by atoms with van der Waals surface area (Å²) in [6, 6.07) is 4.07. The van der Waals surface area contributed by atoms with Crippen LogP contribution in [0, 0.1) is 12.7 Å². The van der Waals surface area contributed by atoms with Crippen LogP contribution in [0.1, 0.15) is 15.9 Å². The first-order chi connectivity index (χ1) is 15.1. The molecule has 31 heavy (non-hydrogen) atoms. The van der Waals surface area contributed by atoms with Crippen LogP contribution in [0.3, 0.4) is 0 Å². The third kappa shape index (κ3) is 3.37. The van der Waals surface area contributed by atoms with Gasteiger partial charge in [-0.2, -0.15) is 0 Å². The average Bonchev–Trinajstić information content (AvgIpc) is 2.93. The normalized spacial score (nSPS) is 21.2. The molecule has 3 aliphatic heterocycles. The van der Waals surface area contributed by atoms with Gasteiger partial charge in [-0.15, -0.1) is 0 Å². The Balaban J connectivity index is 1.73. The fourth-order valence-electron chi connectivity index (χ4n) is 4.51. The molecule has 0 bridgehead atoms. The molecule has 0 spiro atoms. The molecule has 0 saturated carbocycles. The largest absolute Gasteiger partial charge is 0.507 e. The number of amides is 1. The van der Waals surface area contributed by atoms with E-state index in [0.29, 0.717) is 68.7 Å². The van der Waals surface area contributed by atoms with Gasteiger partial charge in [-0.1, -0.05) is 6.07 Å². The molecule has 1 aromatic heterocycles. The number of nitrogens with one attached hydrogen (secondary N) is 1. The summed E-state index contributed by atoms with van der Waals surface area (Å²) in [5.74, 6) is -0.0465. The van der Waals surface area contributed by atoms with Gasteiger partial charge in [0.1, 0.15) is 35.3 Å². The van der Waals surface area contributed by atoms with Crippen molar-refractivity contribution in [1.82, 2.24) is 15.2 Å². The van der Waals surface area contributed by atoms with Crippen LogP contribution in [0.4, 0.5) is 10.2 Å². The van der Waals surface area contributed by atoms with Gasteiger partial charge in [0.2, 0.25) is 0 Å². The number of piperazine rings is 1. The second-order valence-corrected chi connectivity index (χ2v) is 8.01. The molecule has 2 fully saturated rings. The number of rotatable bonds is 2. The molecule has 5 rings (SSSR count). The number of phenolic OH excluding ortho intramolecular Hbond substituents is 1. The van der Waals surface area contributed by atoms with Crippen molar-refractivity contribution in [3.8, 4) is 22.8 Å². The number of nitrogens with zero attached hydrogens (tertiary/aromatic N) is 3. The van der Waals surface area contributed by atoms with Gasteiger partial charge in [0.15, 0.2) is 0 Å². The molecule has 1 amide bonds. The molecule has 2 aromatic rings. The number of hydrogen-bond acceptors (Lipinski definition) is 7. The van der Waals surface area contributed by atoms with Gasteiger partial charge in [-0.05, 0) is 19.1 Å². The van der Waals surface area contributed by atoms with E-state index < -0.39 is 5.82 Å². The van der Waals surface area contributed by atoms with Crippen LogP contribution in [0.2, 0.25) is 0 Å². The van der Waals surface area contributed by atoms with E-state index in [1.54, 1.807) is 6.92 Å². The van der Waals surface area contributed by atoms with Crippen LogP contribution >= 0.6 is 0 Å². The number of benzene rings is 1. The summed E-state index contributed by atoms with van der Waals surface area (Å²) in [5.41, 5.74) is 1.23. The van der Waals surface area contributed by atoms with Crippen LogP contribution in [0.25, 0.3) is 11.3 Å². The van der Waals surface area contributed by atoms with E-state index in [4.69, 9.17) is 14.5 Å². The van der Waals surface area contributed by atoms with Crippen molar-refractivity contribution in [2.45, 2.75) is 13.0 Å². The molecule has 9 heteroatoms. The van der Waals surface area contributed by atoms with E-state index in [-0.39, 0.29) is 29.0 Å². The maximum atomic E-state index is 14.8. The Kier molecular flexibility index (Phi) is 5.15. The summed E-state index contributed by atoms with van der Waals surface area (Å²) in [4.78, 5) is 22.2. The summed E-state index contributed by atoms with van der Waals surface area (Å²) in [6.45, 7) is 6.19. The first-order valence-corrected chi connectivity index (χ1v) is 10.6. The zero-order valence-corrected chi connectivity index (χ0v) is 17.4. The van der Waals surface area contributed by atoms with Gasteiger partial charge in [-0.25, -0.2) is 9.37 Å². The number of aromatic hydroxyl groups is 1. The maximum absolute atomic E-state index is 14.8. The number of ether oxygens (including phenoxy) is 2. The number of aromatic nitrogens is 1. The van der Waals surface area contributed by atoms with Gasteiger partial charge >= 0.3 is 0 Å². The summed E-state index contributed by atoms with van der Waals surface area (Å²) in [7, 11) is 0. The third-order valence-electron chi connectivity index (χ3n) is 6.15. The van der Waals surface area contributed by atoms with Crippen molar-refractivity contribution in [2.24, 2.45) is 0 Å². The smallest absolute Gasteiger partial charge is 0.261 e. The van der Waals surface area contributed by atoms with Gasteiger partial charge < -0.3 is 29.7 Å². The molecule has 164 valence electrons. The molecule has 0 unspecified atom stereocenters. The number of phenols is 1. The van der Waals surface area contributed by atoms with Crippen LogP contribution < -0.4 is 15.0 Å². The molecule has 1 atom stereocenters. The molecule has 1 aromatic carbocycles. The molecule has 0 radical (unpaired) electrons. The van der Waals surface area contributed by atoms with Crippen LogP contribution in [-0.2, 0) is 4.74 Å². The quantitative estimate of drug-likeness (QED) is 0.751. The molecule has 2 N–H and O–H groups in total. The lowest BCUT2D eigenvalue weighted by Gasteiger charge is -2.35. The Morgan fingerprint density at radius 3 is 2.81 bits per heavy atom. The zero-order valence-electron chi connectivity index (χ0n) is 17.4. The lowest BCUT2D eigenvalue weighted by atomic mass is 10.0. The lowest BCUT2D eigenvalue weighted by molar-refractivity contribution is 0.0606. The minimum Gasteiger partial charge on any atom is -0.507 e. The number of pyridine rings is 1. The predicted octanol–water partition coefficient (Wildman–Crippen LogP) is 1.54. The standard InChI is InChI=1S/C22H25FN4O4/c1-13-19(17-15(23)3-2-4-16(17)28)25-21(26-7-9-30-10-8-26)18-20(13)31-12-14-11-24-5-6-27(14)22(18)29/h2-4,14,24,28H,5-12H2,1H3/t14-/m1/s1. The predicted molar refractivity (Wildman–Crippen MR) is 112 cm³/mol. The second kappa shape index (κ2) is 7.97. The summed E-state index contributed by atoms with van der Waals surface area (Å²) in [5, 5.41) is 13.7. The van der Waals surface area contributed by atoms with Crippen molar-refractivity contribution in [1.29, 1.82) is 0 Å². The number of carbonyl (C=O) groups is 1. The first-order valence-electron chi connectivity index (χ1n) is 10.6. The Hall–Kier alpha value is -2.91. The summed E-state index contributed by atoms with van der Waals surface area (Å²) >= 11 is 0. The minimum absolute atomic E-state index is 0.0111. The summed E-state index contributed by atoms with van der Waals surface area (Å²) in [6.07, 6.45) is 0. The van der Waals surface area contributed by atoms with Gasteiger partial charge in [0.05, 0.1) is 30.5 Å². The number of fused-ring (bicyclic) bond motifs is 2. The van der Waals surface area contributed by atoms with Gasteiger partial charge in [0, 0.05) is 38.3 Å². The molecule has 3 aliphatic rings. The topological polar surface area (TPSA) is 87.2 Å². The SMILES string of the molecule is Cc1c(-c2c(O)cccc2F)nc(N2CCOCC2)c2c1OC[C@H]1CNCCN1C2=O. The molecule has 8 nitrogen and oxygen atoms in total. The zero-order chi connectivity index (χ0) is 21.5. The molecule has 0 aliphatic carbocycles. The number of halogens is 1. The highest BCUT2D eigenvalue weighted by atomic mass is 19.1. The molecule has 2 saturated heterocycles. The van der Waals surface area contributed by atoms with E-state index in [0.717, 1.165) is 6.54 Å². The van der Waals surface area contributed by atoms with Gasteiger partial charge in [-0.3, -0.25) is 4.79 Å². The number of anilines is 1. The van der Waals surface area contributed by atoms with Crippen molar-refractivity contribution in [3.63, 3.8) is 0 Å². The molecule has 4 heterocycles. The Labute approximate surface area is 179 Å². The average molecular weight is 428 g/mol. The monoisotopic (exact) mass is 428 g/mol. The molecular weight excluding hydrogens is 403 g/mol. The van der Waals surface area contributed by atoms with Crippen LogP contribution in [0.15, 0.2) is 18.2 Å². The minimum atomic E-state index is -0.579. The Morgan fingerprint density at radius 1 is 1.23 bits per heavy atom. The van der Waals surface area contributed by atoms with Crippen LogP contribution in [0.5, 0.6) is 11.5 Å². The highest BCUT2D eigenvalue weighted by molar-refractivity contribution is 6.03. The highest BCUT2D eigenvalue weighted by Crippen LogP contribution is 2.42. The van der Waals surface area contributed by atoms with Crippen molar-refractivity contribution in [2.75, 3.05) is 57.4 Å². The first kappa shape index (κ1) is 20.0. The maximum Gasteiger partial charge on any atom is 0.261 e. The Morgan fingerprint density at radius 2 is 2.03 bits per heavy atom. The van der Waals surface area contributed by atoms with E-state index in [2.05, 4.69) is 5.32 Å². The summed E-state index contributed by atoms with van der Waals surface area (Å²) < 4.78 is 26.4. The van der Waals surface area contributed by atoms with Crippen molar-refractivity contribution < 1.29 is 23.8 Å². The fourth-order valence-corrected chi connectivity index (χ4v) is 4.51. The van der Waals surface area contributed by atoms with E-state index in [9.17, 15) is 14.3 Å². The fraction of sp³-hybridized carbons (Fsp3) is 0.455. The Bertz CT molecular complexity index is 1000. The van der Waals surface area contributed by atoms with Crippen molar-refractivity contribution in [3.05, 3.63) is 35.1 Å². The lowest BCUT2D eigenvalue weighted by Crippen LogP contribution is -2.55. The van der Waals surface area contributed by atoms with E-state index in [1.807, 2.05) is 9.80 Å². The van der Waals surface area contributed by atoms with Crippen molar-refractivity contribution >= 4 is 11.7 Å². The number of carbonyl (C=O) groups excluding carboxylic acids is 1. The molecular formula is C22H25FN4O4. The van der Waals surface area contributed by atoms with E-state index in [1.165, 1.54) is 18.2 Å². The second-order valence-electron chi connectivity index (χ2n) is 8.01. The number of hydrogen-bond donors (Lipinski definition) is 2. The third-order valence-corrected chi connectivity index (χ3v) is 6.15. The number of morpholine rings is 1. The van der Waals surface area contributed by atoms with Crippen LogP contribution in [-0.4, -0.2) is 79.5 Å². The van der Waals surface area contributed by atoms with Gasteiger partial charge in [0.25, 0.3) is 5.91 Å². The highest BCUT2D eigenvalue weighted by Gasteiger charge is 2.38. The van der Waals surface area contributed by atoms with E-state index >= 15 is 0 Å².